The van der Waals surface area contributed by atoms with Gasteiger partial charge in [0.15, 0.2) is 0 Å². The quantitative estimate of drug-likeness (QED) is 0.190. The van der Waals surface area contributed by atoms with E-state index in [1.54, 1.807) is 0 Å². The van der Waals surface area contributed by atoms with Crippen LogP contribution < -0.4 is 5.32 Å². The predicted molar refractivity (Wildman–Crippen MR) is 164 cm³/mol. The smallest absolute Gasteiger partial charge is 0.303 e. The summed E-state index contributed by atoms with van der Waals surface area (Å²) < 4.78 is 0. The number of likely N-dealkylation sites (tertiary alicyclic amines) is 1. The van der Waals surface area contributed by atoms with E-state index >= 15 is 0 Å². The highest BCUT2D eigenvalue weighted by Crippen LogP contribution is 2.50. The number of hydrogen-bond acceptors (Lipinski definition) is 4. The van der Waals surface area contributed by atoms with Crippen LogP contribution in [0.15, 0.2) is 72.8 Å². The van der Waals surface area contributed by atoms with Gasteiger partial charge in [0.1, 0.15) is 0 Å². The van der Waals surface area contributed by atoms with Crippen molar-refractivity contribution >= 4 is 46.7 Å². The topological polar surface area (TPSA) is 89.9 Å². The summed E-state index contributed by atoms with van der Waals surface area (Å²) in [4.78, 5) is 25.0. The second kappa shape index (κ2) is 14.0. The maximum absolute atomic E-state index is 12.2. The molecule has 1 saturated heterocycles. The Hall–Kier alpha value is -2.61. The third-order valence-electron chi connectivity index (χ3n) is 7.90. The predicted octanol–water partition coefficient (Wildman–Crippen LogP) is 7.03. The molecule has 1 heterocycles. The summed E-state index contributed by atoms with van der Waals surface area (Å²) in [7, 11) is 0. The Morgan fingerprint density at radius 1 is 0.756 bits per heavy atom. The minimum Gasteiger partial charge on any atom is -0.481 e. The summed E-state index contributed by atoms with van der Waals surface area (Å²) in [5, 5.41) is 25.6. The fourth-order valence-corrected chi connectivity index (χ4v) is 6.15. The molecule has 3 aromatic carbocycles. The monoisotopic (exact) mass is 616 g/mol. The molecule has 1 amide bonds. The fourth-order valence-electron chi connectivity index (χ4n) is 5.77. The van der Waals surface area contributed by atoms with Gasteiger partial charge >= 0.3 is 5.97 Å². The number of piperidine rings is 1. The van der Waals surface area contributed by atoms with E-state index < -0.39 is 17.1 Å². The lowest BCUT2D eigenvalue weighted by Gasteiger charge is -2.54. The molecule has 0 aromatic heterocycles. The van der Waals surface area contributed by atoms with Gasteiger partial charge in [-0.05, 0) is 78.9 Å². The summed E-state index contributed by atoms with van der Waals surface area (Å²) in [5.41, 5.74) is 1.13. The summed E-state index contributed by atoms with van der Waals surface area (Å²) in [6.07, 6.45) is 3.35. The molecule has 1 aliphatic rings. The zero-order chi connectivity index (χ0) is 29.5. The number of aliphatic hydroxyl groups is 1. The van der Waals surface area contributed by atoms with Crippen LogP contribution in [0.3, 0.4) is 0 Å². The first-order valence-electron chi connectivity index (χ1n) is 13.9. The molecule has 4 rings (SSSR count). The molecule has 0 bridgehead atoms. The Kier molecular flexibility index (Phi) is 10.7. The second-order valence-electron chi connectivity index (χ2n) is 10.6. The zero-order valence-electron chi connectivity index (χ0n) is 22.8. The zero-order valence-corrected chi connectivity index (χ0v) is 25.1. The fraction of sp³-hybridized carbons (Fsp3) is 0.375. The van der Waals surface area contributed by atoms with Crippen LogP contribution >= 0.6 is 34.8 Å². The Bertz CT molecular complexity index is 1270. The number of carboxylic acid groups (broad SMARTS) is 1. The number of carbonyl (C=O) groups excluding carboxylic acids is 1. The van der Waals surface area contributed by atoms with Gasteiger partial charge in [0.05, 0.1) is 17.6 Å². The average Bonchev–Trinajstić information content (AvgIpc) is 2.95. The van der Waals surface area contributed by atoms with E-state index in [0.29, 0.717) is 41.0 Å². The van der Waals surface area contributed by atoms with Crippen molar-refractivity contribution in [3.8, 4) is 0 Å². The lowest BCUT2D eigenvalue weighted by molar-refractivity contribution is -0.138. The van der Waals surface area contributed by atoms with Crippen LogP contribution in [0.5, 0.6) is 0 Å². The Morgan fingerprint density at radius 3 is 1.78 bits per heavy atom. The number of rotatable bonds is 12. The minimum absolute atomic E-state index is 0.00958. The molecule has 1 unspecified atom stereocenters. The molecule has 3 N–H and O–H groups in total. The van der Waals surface area contributed by atoms with E-state index in [1.807, 2.05) is 72.8 Å². The minimum atomic E-state index is -1.10. The van der Waals surface area contributed by atoms with E-state index in [9.17, 15) is 14.7 Å². The van der Waals surface area contributed by atoms with Crippen molar-refractivity contribution in [1.82, 2.24) is 10.2 Å². The highest BCUT2D eigenvalue weighted by molar-refractivity contribution is 6.31. The number of nitrogens with one attached hydrogen (secondary N) is 1. The van der Waals surface area contributed by atoms with E-state index in [4.69, 9.17) is 39.9 Å². The van der Waals surface area contributed by atoms with Crippen LogP contribution in [0.25, 0.3) is 0 Å². The van der Waals surface area contributed by atoms with E-state index in [-0.39, 0.29) is 18.7 Å². The normalized spacial score (nSPS) is 18.6. The number of nitrogens with zero attached hydrogens (tertiary/aromatic N) is 1. The van der Waals surface area contributed by atoms with E-state index in [2.05, 4.69) is 10.2 Å². The number of carboxylic acids is 1. The van der Waals surface area contributed by atoms with Crippen LogP contribution in [-0.4, -0.2) is 46.6 Å². The molecule has 0 radical (unpaired) electrons. The maximum atomic E-state index is 12.2. The van der Waals surface area contributed by atoms with Gasteiger partial charge in [0.2, 0.25) is 5.91 Å². The summed E-state index contributed by atoms with van der Waals surface area (Å²) in [5.74, 6) is -1.22. The van der Waals surface area contributed by atoms with Gasteiger partial charge in [0.25, 0.3) is 0 Å². The molecule has 1 aliphatic heterocycles. The van der Waals surface area contributed by atoms with Gasteiger partial charge in [-0.2, -0.15) is 0 Å². The number of carbonyl (C=O) groups is 2. The molecular weight excluding hydrogens is 583 g/mol. The molecule has 6 nitrogen and oxygen atoms in total. The lowest BCUT2D eigenvalue weighted by Crippen LogP contribution is -2.57. The molecule has 41 heavy (non-hydrogen) atoms. The first-order chi connectivity index (χ1) is 19.6. The largest absolute Gasteiger partial charge is 0.481 e. The molecule has 0 saturated carbocycles. The Morgan fingerprint density at radius 2 is 1.27 bits per heavy atom. The van der Waals surface area contributed by atoms with Crippen molar-refractivity contribution in [3.63, 3.8) is 0 Å². The van der Waals surface area contributed by atoms with Gasteiger partial charge in [-0.25, -0.2) is 0 Å². The van der Waals surface area contributed by atoms with Crippen molar-refractivity contribution in [2.24, 2.45) is 0 Å². The highest BCUT2D eigenvalue weighted by atomic mass is 35.5. The number of unbranched alkanes of at least 4 members (excludes halogenated alkanes) is 2. The van der Waals surface area contributed by atoms with E-state index in [1.165, 1.54) is 0 Å². The summed E-state index contributed by atoms with van der Waals surface area (Å²) in [6, 6.07) is 23.1. The standard InChI is InChI=1S/C32H35Cl3N2O4/c33-26-10-4-23(5-11-26)31(41)18-21-37(20-3-1-2-19-36-29(38)16-17-30(39)40)32(22-31,24-6-12-27(34)13-7-24)25-8-14-28(35)15-9-25/h4-15,41H,1-3,16-22H2,(H,36,38)(H,39,40). The van der Waals surface area contributed by atoms with Crippen molar-refractivity contribution in [2.45, 2.75) is 56.1 Å². The third kappa shape index (κ3) is 7.82. The van der Waals surface area contributed by atoms with Gasteiger partial charge in [0, 0.05) is 41.0 Å². The van der Waals surface area contributed by atoms with E-state index in [0.717, 1.165) is 42.5 Å². The number of halogens is 3. The molecular formula is C32H35Cl3N2O4. The van der Waals surface area contributed by atoms with Crippen molar-refractivity contribution in [3.05, 3.63) is 105 Å². The number of amides is 1. The van der Waals surface area contributed by atoms with Gasteiger partial charge in [-0.3, -0.25) is 14.5 Å². The Balaban J connectivity index is 1.59. The second-order valence-corrected chi connectivity index (χ2v) is 11.9. The van der Waals surface area contributed by atoms with Crippen LogP contribution in [-0.2, 0) is 20.7 Å². The molecule has 218 valence electrons. The van der Waals surface area contributed by atoms with Crippen LogP contribution in [0.2, 0.25) is 15.1 Å². The number of benzene rings is 3. The maximum Gasteiger partial charge on any atom is 0.303 e. The molecule has 9 heteroatoms. The number of hydrogen-bond donors (Lipinski definition) is 3. The molecule has 1 fully saturated rings. The molecule has 1 atom stereocenters. The Labute approximate surface area is 256 Å². The first-order valence-corrected chi connectivity index (χ1v) is 15.0. The number of aliphatic carboxylic acids is 1. The van der Waals surface area contributed by atoms with Gasteiger partial charge in [-0.1, -0.05) is 77.6 Å². The summed E-state index contributed by atoms with van der Waals surface area (Å²) in [6.45, 7) is 1.93. The van der Waals surface area contributed by atoms with Gasteiger partial charge in [-0.15, -0.1) is 0 Å². The summed E-state index contributed by atoms with van der Waals surface area (Å²) >= 11 is 18.8. The molecule has 3 aromatic rings. The molecule has 0 spiro atoms. The molecule has 0 aliphatic carbocycles. The lowest BCUT2D eigenvalue weighted by atomic mass is 9.67. The van der Waals surface area contributed by atoms with Crippen LogP contribution in [0.4, 0.5) is 0 Å². The average molecular weight is 618 g/mol. The van der Waals surface area contributed by atoms with Crippen molar-refractivity contribution < 1.29 is 19.8 Å². The van der Waals surface area contributed by atoms with Crippen LogP contribution in [0.1, 0.15) is 61.6 Å². The SMILES string of the molecule is O=C(O)CCC(=O)NCCCCCN1CCC(O)(c2ccc(Cl)cc2)CC1(c1ccc(Cl)cc1)c1ccc(Cl)cc1. The van der Waals surface area contributed by atoms with Crippen LogP contribution in [0, 0.1) is 0 Å². The third-order valence-corrected chi connectivity index (χ3v) is 8.66. The van der Waals surface area contributed by atoms with Crippen molar-refractivity contribution in [1.29, 1.82) is 0 Å². The first kappa shape index (κ1) is 31.3. The van der Waals surface area contributed by atoms with Gasteiger partial charge < -0.3 is 15.5 Å². The highest BCUT2D eigenvalue weighted by Gasteiger charge is 2.51. The van der Waals surface area contributed by atoms with Crippen molar-refractivity contribution in [2.75, 3.05) is 19.6 Å².